The molecule has 0 atom stereocenters. The van der Waals surface area contributed by atoms with Gasteiger partial charge in [0.05, 0.1) is 9.21 Å². The molecule has 1 heterocycles. The molecule has 0 amide bonds. The normalized spacial score (nSPS) is 17.3. The van der Waals surface area contributed by atoms with E-state index in [2.05, 4.69) is 0 Å². The van der Waals surface area contributed by atoms with Gasteiger partial charge in [-0.25, -0.2) is 0 Å². The van der Waals surface area contributed by atoms with Crippen LogP contribution in [0.5, 0.6) is 0 Å². The highest BCUT2D eigenvalue weighted by atomic mass is 35.5. The number of aryl methyl sites for hydroxylation is 1. The summed E-state index contributed by atoms with van der Waals surface area (Å²) in [5.41, 5.74) is 1.03. The summed E-state index contributed by atoms with van der Waals surface area (Å²) in [6.45, 7) is 1.96. The molecule has 0 radical (unpaired) electrons. The van der Waals surface area contributed by atoms with Crippen LogP contribution in [0.3, 0.4) is 0 Å². The predicted octanol–water partition coefficient (Wildman–Crippen LogP) is 5.25. The van der Waals surface area contributed by atoms with Gasteiger partial charge in [-0.3, -0.25) is 4.79 Å². The molecule has 1 aliphatic carbocycles. The zero-order valence-electron chi connectivity index (χ0n) is 10.3. The molecule has 1 aromatic heterocycles. The lowest BCUT2D eigenvalue weighted by Crippen LogP contribution is -2.08. The standard InChI is InChI=1S/C14H19ClOS/c1-10-9-13(17-14(10)15)12(16)8-7-11-5-3-2-4-6-11/h9,11H,2-8H2,1H3. The number of hydrogen-bond donors (Lipinski definition) is 0. The second-order valence-corrected chi connectivity index (χ2v) is 6.69. The Labute approximate surface area is 112 Å². The Morgan fingerprint density at radius 3 is 2.71 bits per heavy atom. The Morgan fingerprint density at radius 1 is 1.41 bits per heavy atom. The van der Waals surface area contributed by atoms with Gasteiger partial charge in [0.2, 0.25) is 0 Å². The third-order valence-electron chi connectivity index (χ3n) is 3.64. The van der Waals surface area contributed by atoms with E-state index in [1.807, 2.05) is 13.0 Å². The van der Waals surface area contributed by atoms with Crippen molar-refractivity contribution in [2.24, 2.45) is 5.92 Å². The van der Waals surface area contributed by atoms with Crippen LogP contribution in [-0.4, -0.2) is 5.78 Å². The van der Waals surface area contributed by atoms with Crippen LogP contribution in [0.15, 0.2) is 6.07 Å². The van der Waals surface area contributed by atoms with Gasteiger partial charge in [0, 0.05) is 6.42 Å². The van der Waals surface area contributed by atoms with Crippen LogP contribution in [0.2, 0.25) is 4.34 Å². The molecule has 1 fully saturated rings. The first-order valence-electron chi connectivity index (χ1n) is 6.46. The monoisotopic (exact) mass is 270 g/mol. The molecule has 0 spiro atoms. The van der Waals surface area contributed by atoms with Crippen molar-refractivity contribution >= 4 is 28.7 Å². The number of thiophene rings is 1. The summed E-state index contributed by atoms with van der Waals surface area (Å²) in [6.07, 6.45) is 8.47. The molecule has 2 rings (SSSR count). The summed E-state index contributed by atoms with van der Waals surface area (Å²) in [5, 5.41) is 0. The minimum atomic E-state index is 0.274. The van der Waals surface area contributed by atoms with Crippen molar-refractivity contribution in [3.8, 4) is 0 Å². The van der Waals surface area contributed by atoms with Crippen LogP contribution in [-0.2, 0) is 0 Å². The average Bonchev–Trinajstić information content (AvgIpc) is 2.68. The van der Waals surface area contributed by atoms with Crippen LogP contribution in [0, 0.1) is 12.8 Å². The maximum Gasteiger partial charge on any atom is 0.172 e. The maximum atomic E-state index is 12.0. The highest BCUT2D eigenvalue weighted by Crippen LogP contribution is 2.30. The fraction of sp³-hybridized carbons (Fsp3) is 0.643. The number of carbonyl (C=O) groups excluding carboxylic acids is 1. The van der Waals surface area contributed by atoms with Crippen LogP contribution in [0.4, 0.5) is 0 Å². The van der Waals surface area contributed by atoms with Gasteiger partial charge in [-0.15, -0.1) is 11.3 Å². The van der Waals surface area contributed by atoms with E-state index < -0.39 is 0 Å². The van der Waals surface area contributed by atoms with Crippen LogP contribution >= 0.6 is 22.9 Å². The fourth-order valence-corrected chi connectivity index (χ4v) is 3.70. The topological polar surface area (TPSA) is 17.1 Å². The largest absolute Gasteiger partial charge is 0.293 e. The van der Waals surface area contributed by atoms with Crippen molar-refractivity contribution in [2.75, 3.05) is 0 Å². The van der Waals surface area contributed by atoms with E-state index in [1.54, 1.807) is 0 Å². The average molecular weight is 271 g/mol. The van der Waals surface area contributed by atoms with E-state index in [0.29, 0.717) is 6.42 Å². The maximum absolute atomic E-state index is 12.0. The molecule has 1 saturated carbocycles. The molecule has 0 aromatic carbocycles. The first-order chi connectivity index (χ1) is 8.16. The zero-order chi connectivity index (χ0) is 12.3. The fourth-order valence-electron chi connectivity index (χ4n) is 2.53. The van der Waals surface area contributed by atoms with Crippen LogP contribution in [0.25, 0.3) is 0 Å². The molecular formula is C14H19ClOS. The first-order valence-corrected chi connectivity index (χ1v) is 7.65. The first kappa shape index (κ1) is 13.1. The molecule has 17 heavy (non-hydrogen) atoms. The van der Waals surface area contributed by atoms with Gasteiger partial charge in [0.15, 0.2) is 5.78 Å². The van der Waals surface area contributed by atoms with E-state index >= 15 is 0 Å². The lowest BCUT2D eigenvalue weighted by Gasteiger charge is -2.20. The SMILES string of the molecule is Cc1cc(C(=O)CCC2CCCCC2)sc1Cl. The summed E-state index contributed by atoms with van der Waals surface area (Å²) >= 11 is 7.41. The molecule has 0 unspecified atom stereocenters. The molecule has 0 saturated heterocycles. The zero-order valence-corrected chi connectivity index (χ0v) is 11.9. The van der Waals surface area contributed by atoms with Gasteiger partial charge < -0.3 is 0 Å². The lowest BCUT2D eigenvalue weighted by molar-refractivity contribution is 0.0974. The van der Waals surface area contributed by atoms with Crippen molar-refractivity contribution in [3.63, 3.8) is 0 Å². The molecule has 0 aliphatic heterocycles. The predicted molar refractivity (Wildman–Crippen MR) is 74.2 cm³/mol. The summed E-state index contributed by atoms with van der Waals surface area (Å²) in [7, 11) is 0. The highest BCUT2D eigenvalue weighted by molar-refractivity contribution is 7.18. The van der Waals surface area contributed by atoms with Gasteiger partial charge >= 0.3 is 0 Å². The summed E-state index contributed by atoms with van der Waals surface area (Å²) < 4.78 is 0.756. The Hall–Kier alpha value is -0.340. The molecule has 0 N–H and O–H groups in total. The van der Waals surface area contributed by atoms with Gasteiger partial charge in [0.1, 0.15) is 0 Å². The molecular weight excluding hydrogens is 252 g/mol. The van der Waals surface area contributed by atoms with Crippen molar-refractivity contribution in [1.82, 2.24) is 0 Å². The van der Waals surface area contributed by atoms with Crippen molar-refractivity contribution in [2.45, 2.75) is 51.9 Å². The third-order valence-corrected chi connectivity index (χ3v) is 5.23. The minimum Gasteiger partial charge on any atom is -0.293 e. The van der Waals surface area contributed by atoms with Gasteiger partial charge in [0.25, 0.3) is 0 Å². The number of ketones is 1. The second-order valence-electron chi connectivity index (χ2n) is 5.03. The van der Waals surface area contributed by atoms with Gasteiger partial charge in [-0.2, -0.15) is 0 Å². The number of carbonyl (C=O) groups is 1. The number of hydrogen-bond acceptors (Lipinski definition) is 2. The Morgan fingerprint density at radius 2 is 2.12 bits per heavy atom. The Kier molecular flexibility index (Phi) is 4.63. The molecule has 1 aliphatic rings. The Balaban J connectivity index is 1.84. The molecule has 94 valence electrons. The molecule has 1 aromatic rings. The van der Waals surface area contributed by atoms with E-state index in [9.17, 15) is 4.79 Å². The highest BCUT2D eigenvalue weighted by Gasteiger charge is 2.17. The molecule has 3 heteroatoms. The minimum absolute atomic E-state index is 0.274. The smallest absolute Gasteiger partial charge is 0.172 e. The molecule has 0 bridgehead atoms. The number of halogens is 1. The number of rotatable bonds is 4. The van der Waals surface area contributed by atoms with E-state index in [-0.39, 0.29) is 5.78 Å². The van der Waals surface area contributed by atoms with Crippen LogP contribution in [0.1, 0.15) is 60.2 Å². The lowest BCUT2D eigenvalue weighted by atomic mass is 9.85. The van der Waals surface area contributed by atoms with E-state index in [0.717, 1.165) is 27.1 Å². The quantitative estimate of drug-likeness (QED) is 0.683. The van der Waals surface area contributed by atoms with Crippen molar-refractivity contribution < 1.29 is 4.79 Å². The number of Topliss-reactive ketones (excluding diaryl/α,β-unsaturated/α-hetero) is 1. The Bertz CT molecular complexity index is 371. The molecule has 1 nitrogen and oxygen atoms in total. The summed E-state index contributed by atoms with van der Waals surface area (Å²) in [4.78, 5) is 12.8. The van der Waals surface area contributed by atoms with Gasteiger partial charge in [-0.1, -0.05) is 43.7 Å². The van der Waals surface area contributed by atoms with E-state index in [1.165, 1.54) is 43.4 Å². The van der Waals surface area contributed by atoms with E-state index in [4.69, 9.17) is 11.6 Å². The van der Waals surface area contributed by atoms with Crippen molar-refractivity contribution in [3.05, 3.63) is 20.8 Å². The third kappa shape index (κ3) is 3.56. The van der Waals surface area contributed by atoms with Gasteiger partial charge in [-0.05, 0) is 30.9 Å². The summed E-state index contributed by atoms with van der Waals surface area (Å²) in [6, 6.07) is 1.93. The van der Waals surface area contributed by atoms with Crippen molar-refractivity contribution in [1.29, 1.82) is 0 Å². The summed E-state index contributed by atoms with van der Waals surface area (Å²) in [5.74, 6) is 1.06. The second kappa shape index (κ2) is 6.01. The van der Waals surface area contributed by atoms with Crippen LogP contribution < -0.4 is 0 Å².